The van der Waals surface area contributed by atoms with E-state index in [4.69, 9.17) is 4.55 Å². The van der Waals surface area contributed by atoms with E-state index in [1.807, 2.05) is 0 Å². The Morgan fingerprint density at radius 3 is 2.03 bits per heavy atom. The molecule has 0 aromatic heterocycles. The summed E-state index contributed by atoms with van der Waals surface area (Å²) in [5.41, 5.74) is 0.569. The quantitative estimate of drug-likeness (QED) is 0.218. The monoisotopic (exact) mass is 577 g/mol. The smallest absolute Gasteiger partial charge is 0.398 e. The molecule has 4 N–H and O–H groups in total. The van der Waals surface area contributed by atoms with Crippen LogP contribution in [0, 0.1) is 6.92 Å². The Kier molecular flexibility index (Phi) is 9.90. The van der Waals surface area contributed by atoms with Crippen molar-refractivity contribution in [1.29, 1.82) is 0 Å². The Labute approximate surface area is 215 Å². The van der Waals surface area contributed by atoms with Crippen LogP contribution in [0.25, 0.3) is 10.8 Å². The van der Waals surface area contributed by atoms with Crippen molar-refractivity contribution >= 4 is 58.2 Å². The van der Waals surface area contributed by atoms with Crippen molar-refractivity contribution in [3.05, 3.63) is 48.0 Å². The van der Waals surface area contributed by atoms with Crippen LogP contribution in [-0.4, -0.2) is 52.5 Å². The van der Waals surface area contributed by atoms with Gasteiger partial charge in [0.1, 0.15) is 10.6 Å². The van der Waals surface area contributed by atoms with Crippen molar-refractivity contribution in [3.63, 3.8) is 0 Å². The number of phenolic OH excluding ortho intramolecular Hbond substituents is 1. The molecule has 204 valence electrons. The first-order valence-corrected chi connectivity index (χ1v) is 13.9. The molecule has 37 heavy (non-hydrogen) atoms. The summed E-state index contributed by atoms with van der Waals surface area (Å²) in [5.74, 6) is -1.89. The molecule has 0 aliphatic rings. The Bertz CT molecular complexity index is 1650. The highest BCUT2D eigenvalue weighted by molar-refractivity contribution is 7.92. The summed E-state index contributed by atoms with van der Waals surface area (Å²) in [6.07, 6.45) is 0. The van der Waals surface area contributed by atoms with Crippen LogP contribution >= 0.6 is 0 Å². The lowest BCUT2D eigenvalue weighted by Crippen LogP contribution is -2.14. The van der Waals surface area contributed by atoms with Crippen molar-refractivity contribution in [1.82, 2.24) is 0 Å². The van der Waals surface area contributed by atoms with Gasteiger partial charge in [0, 0.05) is 18.1 Å². The summed E-state index contributed by atoms with van der Waals surface area (Å²) in [6, 6.07) is 8.93. The first kappa shape index (κ1) is 31.9. The number of nitrogens with zero attached hydrogens (tertiary/aromatic N) is 2. The molecule has 0 spiro atoms. The summed E-state index contributed by atoms with van der Waals surface area (Å²) < 4.78 is 91.5. The number of phenols is 1. The molecule has 3 aromatic rings. The number of sulfone groups is 1. The van der Waals surface area contributed by atoms with E-state index in [2.05, 4.69) is 19.7 Å². The second-order valence-electron chi connectivity index (χ2n) is 7.12. The first-order chi connectivity index (χ1) is 16.1. The maximum Gasteiger partial charge on any atom is 0.398 e. The molecule has 0 unspecified atom stereocenters. The molecule has 16 heteroatoms. The number of hydrogen-bond acceptors (Lipinski definition) is 11. The molecule has 0 saturated heterocycles. The lowest BCUT2D eigenvalue weighted by atomic mass is 10.0. The maximum absolute atomic E-state index is 12.1. The summed E-state index contributed by atoms with van der Waals surface area (Å²) in [7, 11) is -12.4. The summed E-state index contributed by atoms with van der Waals surface area (Å²) in [4.78, 5) is -1.05. The highest BCUT2D eigenvalue weighted by atomic mass is 32.3. The number of rotatable bonds is 8. The summed E-state index contributed by atoms with van der Waals surface area (Å²) in [5, 5.41) is 21.9. The lowest BCUT2D eigenvalue weighted by molar-refractivity contribution is 0.306. The summed E-state index contributed by atoms with van der Waals surface area (Å²) in [6.45, 7) is 1.69. The molecule has 0 atom stereocenters. The Morgan fingerprint density at radius 1 is 0.919 bits per heavy atom. The molecular weight excluding hydrogens is 550 g/mol. The zero-order chi connectivity index (χ0) is 26.2. The number of benzene rings is 3. The van der Waals surface area contributed by atoms with Crippen molar-refractivity contribution in [3.8, 4) is 5.75 Å². The van der Waals surface area contributed by atoms with Gasteiger partial charge in [0.25, 0.3) is 10.1 Å². The minimum atomic E-state index is -4.97. The molecule has 0 heterocycles. The van der Waals surface area contributed by atoms with Gasteiger partial charge in [0.15, 0.2) is 11.7 Å². The van der Waals surface area contributed by atoms with E-state index >= 15 is 0 Å². The van der Waals surface area contributed by atoms with Crippen molar-refractivity contribution in [2.45, 2.75) is 31.6 Å². The van der Waals surface area contributed by atoms with Gasteiger partial charge in [-0.3, -0.25) is 9.11 Å². The third-order valence-electron chi connectivity index (χ3n) is 4.79. The third-order valence-corrected chi connectivity index (χ3v) is 7.64. The number of aryl methyl sites for hydroxylation is 1. The fourth-order valence-electron chi connectivity index (χ4n) is 3.12. The van der Waals surface area contributed by atoms with Gasteiger partial charge in [0.2, 0.25) is 9.84 Å². The van der Waals surface area contributed by atoms with Crippen molar-refractivity contribution in [2.24, 2.45) is 10.2 Å². The van der Waals surface area contributed by atoms with Crippen LogP contribution < -0.4 is 5.32 Å². The predicted octanol–water partition coefficient (Wildman–Crippen LogP) is 4.38. The second-order valence-corrected chi connectivity index (χ2v) is 11.5. The van der Waals surface area contributed by atoms with Crippen LogP contribution in [0.1, 0.15) is 20.4 Å². The molecule has 0 radical (unpaired) electrons. The highest BCUT2D eigenvalue weighted by Gasteiger charge is 2.24. The number of anilines is 1. The third kappa shape index (κ3) is 7.21. The van der Waals surface area contributed by atoms with E-state index in [1.165, 1.54) is 0 Å². The molecule has 0 bridgehead atoms. The number of nitrogens with one attached hydrogen (secondary N) is 1. The standard InChI is InChI=1S/C19H19N3O10S3.2CH4/c1-11-3-8-15(20-2)17-14(11)9-16(34(26,27)28)18(19(17)23)22-21-12-4-6-13(7-5-12)33(24,25)10-32-35(29,30)31;;/h3-9,20,23H,10H2,1-2H3,(H,26,27,28)(H,29,30,31);2*1H4. The van der Waals surface area contributed by atoms with E-state index in [0.29, 0.717) is 16.6 Å². The van der Waals surface area contributed by atoms with Crippen LogP contribution in [0.4, 0.5) is 17.1 Å². The number of fused-ring (bicyclic) bond motifs is 1. The maximum atomic E-state index is 12.1. The second kappa shape index (κ2) is 11.5. The van der Waals surface area contributed by atoms with E-state index in [0.717, 1.165) is 30.3 Å². The van der Waals surface area contributed by atoms with Crippen LogP contribution in [0.3, 0.4) is 0 Å². The van der Waals surface area contributed by atoms with Crippen LogP contribution in [-0.2, 0) is 34.5 Å². The van der Waals surface area contributed by atoms with Crippen LogP contribution in [0.2, 0.25) is 0 Å². The van der Waals surface area contributed by atoms with Crippen molar-refractivity contribution < 1.29 is 43.6 Å². The van der Waals surface area contributed by atoms with E-state index in [9.17, 15) is 34.9 Å². The van der Waals surface area contributed by atoms with E-state index in [1.54, 1.807) is 26.1 Å². The number of hydrogen-bond donors (Lipinski definition) is 4. The van der Waals surface area contributed by atoms with Gasteiger partial charge in [-0.1, -0.05) is 20.9 Å². The van der Waals surface area contributed by atoms with Gasteiger partial charge in [0.05, 0.1) is 10.6 Å². The van der Waals surface area contributed by atoms with Crippen LogP contribution in [0.5, 0.6) is 5.75 Å². The molecule has 0 saturated carbocycles. The predicted molar refractivity (Wildman–Crippen MR) is 138 cm³/mol. The van der Waals surface area contributed by atoms with Gasteiger partial charge in [-0.25, -0.2) is 12.6 Å². The van der Waals surface area contributed by atoms with Gasteiger partial charge >= 0.3 is 10.4 Å². The topological polar surface area (TPSA) is 209 Å². The van der Waals surface area contributed by atoms with Gasteiger partial charge < -0.3 is 10.4 Å². The lowest BCUT2D eigenvalue weighted by Gasteiger charge is -2.14. The first-order valence-electron chi connectivity index (χ1n) is 9.45. The number of aromatic hydroxyl groups is 1. The fraction of sp³-hybridized carbons (Fsp3) is 0.238. The van der Waals surface area contributed by atoms with Gasteiger partial charge in [-0.15, -0.1) is 5.11 Å². The molecule has 0 aliphatic carbocycles. The normalized spacial score (nSPS) is 12.2. The van der Waals surface area contributed by atoms with E-state index < -0.39 is 52.6 Å². The Morgan fingerprint density at radius 2 is 1.51 bits per heavy atom. The molecular formula is C21H27N3O10S3. The average Bonchev–Trinajstić information content (AvgIpc) is 2.76. The molecule has 3 rings (SSSR count). The molecule has 3 aromatic carbocycles. The Balaban J connectivity index is 0.00000342. The minimum Gasteiger partial charge on any atom is -0.505 e. The molecule has 0 amide bonds. The zero-order valence-corrected chi connectivity index (χ0v) is 20.5. The van der Waals surface area contributed by atoms with Gasteiger partial charge in [-0.05, 0) is 54.3 Å². The average molecular weight is 578 g/mol. The number of azo groups is 1. The SMILES string of the molecule is C.C.CNc1ccc(C)c2cc(S(=O)(=O)O)c(N=Nc3ccc(S(=O)(=O)COS(=O)(=O)O)cc3)c(O)c12. The van der Waals surface area contributed by atoms with E-state index in [-0.39, 0.29) is 30.8 Å². The molecule has 13 nitrogen and oxygen atoms in total. The molecule has 0 aliphatic heterocycles. The van der Waals surface area contributed by atoms with Crippen molar-refractivity contribution in [2.75, 3.05) is 18.3 Å². The molecule has 0 fully saturated rings. The zero-order valence-electron chi connectivity index (χ0n) is 18.1. The minimum absolute atomic E-state index is 0. The fourth-order valence-corrected chi connectivity index (χ4v) is 5.45. The van der Waals surface area contributed by atoms with Crippen LogP contribution in [0.15, 0.2) is 62.5 Å². The summed E-state index contributed by atoms with van der Waals surface area (Å²) >= 11 is 0. The Hall–Kier alpha value is -3.15. The van der Waals surface area contributed by atoms with Gasteiger partial charge in [-0.2, -0.15) is 21.9 Å². The largest absolute Gasteiger partial charge is 0.505 e. The highest BCUT2D eigenvalue weighted by Crippen LogP contribution is 2.45.